The smallest absolute Gasteiger partial charge is 0.342 e. The van der Waals surface area contributed by atoms with E-state index in [4.69, 9.17) is 9.84 Å². The number of nitrogens with zero attached hydrogens (tertiary/aromatic N) is 1. The number of carbonyl (C=O) groups excluding carboxylic acids is 1. The van der Waals surface area contributed by atoms with Gasteiger partial charge in [-0.1, -0.05) is 18.2 Å². The molecule has 0 fully saturated rings. The lowest BCUT2D eigenvalue weighted by Crippen LogP contribution is -2.22. The van der Waals surface area contributed by atoms with Crippen LogP contribution in [0.1, 0.15) is 21.5 Å². The molecule has 3 N–H and O–H groups in total. The van der Waals surface area contributed by atoms with Crippen LogP contribution in [-0.2, 0) is 4.74 Å². The molecule has 6 heteroatoms. The maximum Gasteiger partial charge on any atom is 0.342 e. The van der Waals surface area contributed by atoms with Crippen LogP contribution in [0.2, 0.25) is 0 Å². The van der Waals surface area contributed by atoms with Crippen molar-refractivity contribution in [3.63, 3.8) is 0 Å². The van der Waals surface area contributed by atoms with E-state index < -0.39 is 18.7 Å². The van der Waals surface area contributed by atoms with E-state index in [1.54, 1.807) is 18.3 Å². The number of esters is 1. The van der Waals surface area contributed by atoms with E-state index >= 15 is 0 Å². The Morgan fingerprint density at radius 2 is 1.96 bits per heavy atom. The molecule has 0 amide bonds. The van der Waals surface area contributed by atoms with Crippen molar-refractivity contribution in [3.8, 4) is 0 Å². The molecule has 0 bridgehead atoms. The molecule has 0 aliphatic rings. The highest BCUT2D eigenvalue weighted by Gasteiger charge is 2.16. The van der Waals surface area contributed by atoms with Crippen LogP contribution in [0.4, 0.5) is 11.5 Å². The van der Waals surface area contributed by atoms with E-state index in [0.717, 1.165) is 16.8 Å². The molecule has 1 unspecified atom stereocenters. The zero-order valence-corrected chi connectivity index (χ0v) is 13.1. The Morgan fingerprint density at radius 3 is 2.61 bits per heavy atom. The lowest BCUT2D eigenvalue weighted by molar-refractivity contribution is 0.00938. The predicted molar refractivity (Wildman–Crippen MR) is 86.8 cm³/mol. The molecule has 1 aromatic heterocycles. The van der Waals surface area contributed by atoms with Gasteiger partial charge in [0.05, 0.1) is 6.61 Å². The van der Waals surface area contributed by atoms with Crippen molar-refractivity contribution >= 4 is 17.5 Å². The Kier molecular flexibility index (Phi) is 5.67. The van der Waals surface area contributed by atoms with Crippen molar-refractivity contribution in [2.45, 2.75) is 20.0 Å². The average molecular weight is 316 g/mol. The molecule has 1 aromatic carbocycles. The number of aromatic nitrogens is 1. The van der Waals surface area contributed by atoms with Crippen LogP contribution in [0.15, 0.2) is 36.5 Å². The van der Waals surface area contributed by atoms with Gasteiger partial charge >= 0.3 is 5.97 Å². The summed E-state index contributed by atoms with van der Waals surface area (Å²) in [6.07, 6.45) is 0.487. The van der Waals surface area contributed by atoms with Gasteiger partial charge in [0.2, 0.25) is 0 Å². The monoisotopic (exact) mass is 316 g/mol. The fourth-order valence-corrected chi connectivity index (χ4v) is 2.10. The number of nitrogens with one attached hydrogen (secondary N) is 1. The molecule has 1 heterocycles. The molecule has 0 aliphatic heterocycles. The van der Waals surface area contributed by atoms with Gasteiger partial charge in [0.15, 0.2) is 0 Å². The summed E-state index contributed by atoms with van der Waals surface area (Å²) < 4.78 is 4.99. The third-order valence-corrected chi connectivity index (χ3v) is 3.37. The standard InChI is InChI=1S/C17H20N2O4/c1-11-5-3-6-12(2)15(11)19-16-14(7-4-8-18-16)17(22)23-10-13(21)9-20/h3-8,13,20-21H,9-10H2,1-2H3,(H,18,19). The fraction of sp³-hybridized carbons (Fsp3) is 0.294. The number of ether oxygens (including phenoxy) is 1. The van der Waals surface area contributed by atoms with Crippen molar-refractivity contribution in [1.29, 1.82) is 0 Å². The summed E-state index contributed by atoms with van der Waals surface area (Å²) in [5, 5.41) is 21.2. The SMILES string of the molecule is Cc1cccc(C)c1Nc1ncccc1C(=O)OCC(O)CO. The summed E-state index contributed by atoms with van der Waals surface area (Å²) >= 11 is 0. The van der Waals surface area contributed by atoms with Crippen molar-refractivity contribution < 1.29 is 19.7 Å². The van der Waals surface area contributed by atoms with Gasteiger partial charge in [-0.3, -0.25) is 0 Å². The lowest BCUT2D eigenvalue weighted by atomic mass is 10.1. The molecule has 23 heavy (non-hydrogen) atoms. The summed E-state index contributed by atoms with van der Waals surface area (Å²) in [5.41, 5.74) is 3.22. The van der Waals surface area contributed by atoms with Crippen LogP contribution in [-0.4, -0.2) is 40.5 Å². The number of benzene rings is 1. The second-order valence-corrected chi connectivity index (χ2v) is 5.23. The maximum atomic E-state index is 12.2. The van der Waals surface area contributed by atoms with E-state index in [-0.39, 0.29) is 12.2 Å². The minimum atomic E-state index is -1.09. The van der Waals surface area contributed by atoms with Crippen molar-refractivity contribution in [2.75, 3.05) is 18.5 Å². The normalized spacial score (nSPS) is 11.8. The van der Waals surface area contributed by atoms with Gasteiger partial charge in [-0.05, 0) is 37.1 Å². The molecule has 122 valence electrons. The van der Waals surface area contributed by atoms with Gasteiger partial charge in [-0.2, -0.15) is 0 Å². The molecule has 0 aliphatic carbocycles. The number of carbonyl (C=O) groups is 1. The van der Waals surface area contributed by atoms with Gasteiger partial charge in [0, 0.05) is 11.9 Å². The first kappa shape index (κ1) is 16.9. The molecule has 1 atom stereocenters. The highest BCUT2D eigenvalue weighted by molar-refractivity contribution is 5.95. The Hall–Kier alpha value is -2.44. The van der Waals surface area contributed by atoms with Crippen LogP contribution < -0.4 is 5.32 Å². The Labute approximate surface area is 134 Å². The van der Waals surface area contributed by atoms with Crippen LogP contribution in [0, 0.1) is 13.8 Å². The van der Waals surface area contributed by atoms with Crippen LogP contribution in [0.5, 0.6) is 0 Å². The fourth-order valence-electron chi connectivity index (χ4n) is 2.10. The highest BCUT2D eigenvalue weighted by Crippen LogP contribution is 2.25. The molecule has 0 saturated carbocycles. The summed E-state index contributed by atoms with van der Waals surface area (Å²) in [7, 11) is 0. The van der Waals surface area contributed by atoms with Crippen LogP contribution in [0.25, 0.3) is 0 Å². The van der Waals surface area contributed by atoms with Crippen LogP contribution >= 0.6 is 0 Å². The quantitative estimate of drug-likeness (QED) is 0.706. The highest BCUT2D eigenvalue weighted by atomic mass is 16.5. The summed E-state index contributed by atoms with van der Waals surface area (Å²) in [6.45, 7) is 3.20. The number of anilines is 2. The van der Waals surface area contributed by atoms with Gasteiger partial charge in [-0.15, -0.1) is 0 Å². The first-order valence-electron chi connectivity index (χ1n) is 7.27. The van der Waals surface area contributed by atoms with E-state index in [1.807, 2.05) is 32.0 Å². The van der Waals surface area contributed by atoms with E-state index in [2.05, 4.69) is 10.3 Å². The second kappa shape index (κ2) is 7.71. The van der Waals surface area contributed by atoms with Gasteiger partial charge in [0.25, 0.3) is 0 Å². The maximum absolute atomic E-state index is 12.2. The Bertz CT molecular complexity index is 668. The minimum Gasteiger partial charge on any atom is -0.459 e. The zero-order valence-electron chi connectivity index (χ0n) is 13.1. The van der Waals surface area contributed by atoms with E-state index in [9.17, 15) is 9.90 Å². The van der Waals surface area contributed by atoms with E-state index in [1.165, 1.54) is 0 Å². The number of pyridine rings is 1. The number of aliphatic hydroxyl groups is 2. The number of hydrogen-bond acceptors (Lipinski definition) is 6. The predicted octanol–water partition coefficient (Wildman–Crippen LogP) is 1.95. The molecule has 0 saturated heterocycles. The first-order chi connectivity index (χ1) is 11.0. The topological polar surface area (TPSA) is 91.7 Å². The van der Waals surface area contributed by atoms with E-state index in [0.29, 0.717) is 5.82 Å². The third kappa shape index (κ3) is 4.28. The van der Waals surface area contributed by atoms with Crippen molar-refractivity contribution in [2.24, 2.45) is 0 Å². The van der Waals surface area contributed by atoms with Crippen molar-refractivity contribution in [1.82, 2.24) is 4.98 Å². The average Bonchev–Trinajstić information content (AvgIpc) is 2.56. The van der Waals surface area contributed by atoms with Crippen molar-refractivity contribution in [3.05, 3.63) is 53.2 Å². The van der Waals surface area contributed by atoms with Crippen LogP contribution in [0.3, 0.4) is 0 Å². The minimum absolute atomic E-state index is 0.264. The third-order valence-electron chi connectivity index (χ3n) is 3.37. The zero-order chi connectivity index (χ0) is 16.8. The number of hydrogen-bond donors (Lipinski definition) is 3. The molecule has 0 radical (unpaired) electrons. The first-order valence-corrected chi connectivity index (χ1v) is 7.27. The number of rotatable bonds is 6. The Morgan fingerprint density at radius 1 is 1.26 bits per heavy atom. The number of aryl methyl sites for hydroxylation is 2. The Balaban J connectivity index is 2.22. The lowest BCUT2D eigenvalue weighted by Gasteiger charge is -2.15. The molecule has 2 rings (SSSR count). The molecule has 0 spiro atoms. The molecular weight excluding hydrogens is 296 g/mol. The molecule has 6 nitrogen and oxygen atoms in total. The summed E-state index contributed by atoms with van der Waals surface area (Å²) in [6, 6.07) is 9.12. The number of aliphatic hydroxyl groups excluding tert-OH is 2. The van der Waals surface area contributed by atoms with Gasteiger partial charge in [0.1, 0.15) is 24.1 Å². The summed E-state index contributed by atoms with van der Waals surface area (Å²) in [4.78, 5) is 16.4. The van der Waals surface area contributed by atoms with Gasteiger partial charge < -0.3 is 20.3 Å². The number of para-hydroxylation sites is 1. The molecular formula is C17H20N2O4. The largest absolute Gasteiger partial charge is 0.459 e. The van der Waals surface area contributed by atoms with Gasteiger partial charge in [-0.25, -0.2) is 9.78 Å². The second-order valence-electron chi connectivity index (χ2n) is 5.23. The molecule has 2 aromatic rings. The summed E-state index contributed by atoms with van der Waals surface area (Å²) in [5.74, 6) is -0.229.